The molecule has 0 saturated carbocycles. The van der Waals surface area contributed by atoms with Crippen molar-refractivity contribution in [2.24, 2.45) is 0 Å². The number of hydrogen-bond donors (Lipinski definition) is 0. The van der Waals surface area contributed by atoms with E-state index in [1.165, 1.54) is 5.30 Å². The molecule has 0 spiro atoms. The molecule has 0 saturated heterocycles. The normalized spacial score (nSPS) is 12.6. The van der Waals surface area contributed by atoms with Gasteiger partial charge in [0.1, 0.15) is 0 Å². The summed E-state index contributed by atoms with van der Waals surface area (Å²) >= 11 is 0. The molecule has 0 radical (unpaired) electrons. The first-order valence-electron chi connectivity index (χ1n) is 7.06. The molecule has 0 aliphatic carbocycles. The van der Waals surface area contributed by atoms with E-state index >= 15 is 0 Å². The Morgan fingerprint density at radius 2 is 1.39 bits per heavy atom. The van der Waals surface area contributed by atoms with Crippen LogP contribution in [0.5, 0.6) is 0 Å². The third kappa shape index (κ3) is 5.06. The average Bonchev–Trinajstić information content (AvgIpc) is 2.40. The third-order valence-electron chi connectivity index (χ3n) is 3.05. The van der Waals surface area contributed by atoms with E-state index in [-0.39, 0.29) is 0 Å². The monoisotopic (exact) mass is 270 g/mol. The van der Waals surface area contributed by atoms with Crippen molar-refractivity contribution in [1.29, 1.82) is 0 Å². The van der Waals surface area contributed by atoms with Gasteiger partial charge in [0.25, 0.3) is 0 Å². The van der Waals surface area contributed by atoms with Crippen LogP contribution < -0.4 is 5.30 Å². The van der Waals surface area contributed by atoms with E-state index in [1.54, 1.807) is 0 Å². The zero-order chi connectivity index (χ0) is 13.3. The zero-order valence-corrected chi connectivity index (χ0v) is 12.9. The van der Waals surface area contributed by atoms with Crippen molar-refractivity contribution in [2.75, 3.05) is 19.9 Å². The Kier molecular flexibility index (Phi) is 7.50. The standard InChI is InChI=1S/C15H27O2P/c1-4-6-13-16-18(3,17-14-7-5-2)15-11-9-8-10-12-15/h8-12,18H,4-7,13-14H2,1-3H3. The predicted octanol–water partition coefficient (Wildman–Crippen LogP) is 4.16. The molecule has 3 heteroatoms. The van der Waals surface area contributed by atoms with Crippen molar-refractivity contribution in [2.45, 2.75) is 39.5 Å². The second-order valence-corrected chi connectivity index (χ2v) is 7.76. The Morgan fingerprint density at radius 3 is 1.83 bits per heavy atom. The Labute approximate surface area is 112 Å². The van der Waals surface area contributed by atoms with Crippen molar-refractivity contribution in [3.63, 3.8) is 0 Å². The van der Waals surface area contributed by atoms with Crippen LogP contribution in [0.1, 0.15) is 39.5 Å². The van der Waals surface area contributed by atoms with Crippen molar-refractivity contribution >= 4 is 13.0 Å². The summed E-state index contributed by atoms with van der Waals surface area (Å²) in [4.78, 5) is 0. The van der Waals surface area contributed by atoms with E-state index in [9.17, 15) is 0 Å². The summed E-state index contributed by atoms with van der Waals surface area (Å²) in [6, 6.07) is 10.4. The Morgan fingerprint density at radius 1 is 0.889 bits per heavy atom. The molecule has 0 fully saturated rings. The minimum atomic E-state index is -2.20. The van der Waals surface area contributed by atoms with Crippen LogP contribution in [-0.2, 0) is 9.05 Å². The van der Waals surface area contributed by atoms with E-state index in [2.05, 4.69) is 44.8 Å². The van der Waals surface area contributed by atoms with E-state index in [4.69, 9.17) is 9.05 Å². The summed E-state index contributed by atoms with van der Waals surface area (Å²) < 4.78 is 12.2. The molecule has 0 amide bonds. The molecule has 0 aromatic heterocycles. The van der Waals surface area contributed by atoms with E-state index in [0.29, 0.717) is 0 Å². The molecule has 0 atom stereocenters. The SMILES string of the molecule is CCCCO[PH](C)(OCCCC)c1ccccc1. The quantitative estimate of drug-likeness (QED) is 0.495. The van der Waals surface area contributed by atoms with Crippen LogP contribution in [-0.4, -0.2) is 19.9 Å². The second-order valence-electron chi connectivity index (χ2n) is 4.72. The van der Waals surface area contributed by atoms with Gasteiger partial charge < -0.3 is 0 Å². The van der Waals surface area contributed by atoms with Crippen LogP contribution in [0, 0.1) is 0 Å². The molecule has 2 nitrogen and oxygen atoms in total. The molecule has 0 heterocycles. The fraction of sp³-hybridized carbons (Fsp3) is 0.600. The predicted molar refractivity (Wildman–Crippen MR) is 82.0 cm³/mol. The van der Waals surface area contributed by atoms with Gasteiger partial charge in [0.2, 0.25) is 0 Å². The first kappa shape index (κ1) is 15.6. The molecule has 1 rings (SSSR count). The van der Waals surface area contributed by atoms with E-state index in [1.807, 2.05) is 6.07 Å². The minimum absolute atomic E-state index is 0.806. The first-order chi connectivity index (χ1) is 8.73. The van der Waals surface area contributed by atoms with Gasteiger partial charge in [-0.25, -0.2) is 0 Å². The van der Waals surface area contributed by atoms with Gasteiger partial charge in [-0.3, -0.25) is 0 Å². The fourth-order valence-corrected chi connectivity index (χ4v) is 4.05. The van der Waals surface area contributed by atoms with E-state index in [0.717, 1.165) is 38.9 Å². The van der Waals surface area contributed by atoms with Gasteiger partial charge in [0, 0.05) is 0 Å². The number of benzene rings is 1. The number of rotatable bonds is 9. The molecule has 0 bridgehead atoms. The van der Waals surface area contributed by atoms with Crippen LogP contribution in [0.25, 0.3) is 0 Å². The zero-order valence-electron chi connectivity index (χ0n) is 11.9. The summed E-state index contributed by atoms with van der Waals surface area (Å²) in [5.41, 5.74) is 0. The van der Waals surface area contributed by atoms with Gasteiger partial charge in [0.05, 0.1) is 0 Å². The summed E-state index contributed by atoms with van der Waals surface area (Å²) in [7, 11) is -2.20. The molecule has 0 N–H and O–H groups in total. The molecule has 1 aromatic rings. The van der Waals surface area contributed by atoms with Crippen LogP contribution in [0.15, 0.2) is 30.3 Å². The molecule has 0 aliphatic rings. The number of unbranched alkanes of at least 4 members (excludes halogenated alkanes) is 2. The van der Waals surface area contributed by atoms with E-state index < -0.39 is 7.72 Å². The molecule has 104 valence electrons. The van der Waals surface area contributed by atoms with Gasteiger partial charge in [0.15, 0.2) is 0 Å². The molecular formula is C15H27O2P. The molecule has 1 aromatic carbocycles. The third-order valence-corrected chi connectivity index (χ3v) is 5.94. The van der Waals surface area contributed by atoms with Crippen LogP contribution in [0.2, 0.25) is 0 Å². The van der Waals surface area contributed by atoms with Gasteiger partial charge >= 0.3 is 112 Å². The number of hydrogen-bond acceptors (Lipinski definition) is 2. The summed E-state index contributed by atoms with van der Waals surface area (Å²) in [6.45, 7) is 8.14. The average molecular weight is 270 g/mol. The van der Waals surface area contributed by atoms with Crippen molar-refractivity contribution < 1.29 is 9.05 Å². The van der Waals surface area contributed by atoms with Gasteiger partial charge in [-0.05, 0) is 0 Å². The summed E-state index contributed by atoms with van der Waals surface area (Å²) in [5.74, 6) is 0. The Hall–Kier alpha value is -0.430. The Bertz CT molecular complexity index is 304. The molecule has 0 aliphatic heterocycles. The summed E-state index contributed by atoms with van der Waals surface area (Å²) in [5, 5.41) is 1.23. The van der Waals surface area contributed by atoms with Crippen molar-refractivity contribution in [3.05, 3.63) is 30.3 Å². The van der Waals surface area contributed by atoms with Gasteiger partial charge in [-0.2, -0.15) is 0 Å². The van der Waals surface area contributed by atoms with Crippen LogP contribution >= 0.6 is 7.72 Å². The first-order valence-corrected chi connectivity index (χ1v) is 9.38. The maximum absolute atomic E-state index is 6.12. The molecular weight excluding hydrogens is 243 g/mol. The van der Waals surface area contributed by atoms with Crippen molar-refractivity contribution in [3.8, 4) is 0 Å². The fourth-order valence-electron chi connectivity index (χ4n) is 1.77. The maximum atomic E-state index is 6.12. The molecule has 18 heavy (non-hydrogen) atoms. The van der Waals surface area contributed by atoms with Crippen molar-refractivity contribution in [1.82, 2.24) is 0 Å². The molecule has 0 unspecified atom stereocenters. The van der Waals surface area contributed by atoms with Crippen LogP contribution in [0.3, 0.4) is 0 Å². The topological polar surface area (TPSA) is 18.5 Å². The van der Waals surface area contributed by atoms with Gasteiger partial charge in [-0.15, -0.1) is 0 Å². The summed E-state index contributed by atoms with van der Waals surface area (Å²) in [6.07, 6.45) is 4.53. The van der Waals surface area contributed by atoms with Gasteiger partial charge in [-0.1, -0.05) is 0 Å². The Balaban J connectivity index is 2.67. The van der Waals surface area contributed by atoms with Crippen LogP contribution in [0.4, 0.5) is 0 Å². The second kappa shape index (κ2) is 8.63.